The van der Waals surface area contributed by atoms with Crippen molar-refractivity contribution in [1.29, 1.82) is 0 Å². The number of fused-ring (bicyclic) bond motifs is 1. The zero-order chi connectivity index (χ0) is 20.6. The molecule has 0 saturated carbocycles. The number of hydrogen-bond donors (Lipinski definition) is 3. The summed E-state index contributed by atoms with van der Waals surface area (Å²) >= 11 is 0. The van der Waals surface area contributed by atoms with Gasteiger partial charge in [-0.15, -0.1) is 0 Å². The fraction of sp³-hybridized carbons (Fsp3) is 0.238. The van der Waals surface area contributed by atoms with E-state index in [-0.39, 0.29) is 11.5 Å². The van der Waals surface area contributed by atoms with Crippen LogP contribution in [0.1, 0.15) is 25.0 Å². The molecule has 0 radical (unpaired) electrons. The molecular weight excluding hydrogens is 372 g/mol. The molecule has 3 aromatic rings. The summed E-state index contributed by atoms with van der Waals surface area (Å²) in [6.07, 6.45) is -0.367. The van der Waals surface area contributed by atoms with Gasteiger partial charge in [-0.25, -0.2) is 5.10 Å². The first-order valence-corrected chi connectivity index (χ1v) is 9.27. The molecule has 0 aliphatic rings. The average molecular weight is 394 g/mol. The van der Waals surface area contributed by atoms with Crippen molar-refractivity contribution in [2.45, 2.75) is 19.4 Å². The smallest absolute Gasteiger partial charge is 0.303 e. The number of nitrogens with zero attached hydrogens (tertiary/aromatic N) is 1. The summed E-state index contributed by atoms with van der Waals surface area (Å²) in [7, 11) is 0. The number of rotatable bonds is 8. The van der Waals surface area contributed by atoms with Crippen LogP contribution < -0.4 is 16.2 Å². The van der Waals surface area contributed by atoms with Crippen molar-refractivity contribution >= 4 is 28.5 Å². The number of anilines is 1. The number of amides is 1. The molecule has 150 valence electrons. The van der Waals surface area contributed by atoms with Crippen LogP contribution in [0.3, 0.4) is 0 Å². The molecule has 0 saturated heterocycles. The monoisotopic (exact) mass is 394 g/mol. The molecule has 1 atom stereocenters. The lowest BCUT2D eigenvalue weighted by Gasteiger charge is -2.17. The van der Waals surface area contributed by atoms with Gasteiger partial charge in [0.2, 0.25) is 6.10 Å². The first-order valence-electron chi connectivity index (χ1n) is 9.27. The van der Waals surface area contributed by atoms with E-state index in [0.717, 1.165) is 5.39 Å². The first-order chi connectivity index (χ1) is 14.1. The van der Waals surface area contributed by atoms with Gasteiger partial charge in [0.15, 0.2) is 5.82 Å². The van der Waals surface area contributed by atoms with Crippen LogP contribution in [0.4, 0.5) is 5.82 Å². The standard InChI is InChI=1S/C21H22N4O4/c1-14(26)29-18(15-8-3-2-4-9-15)21(28)23-13-7-12-22-19-16-10-5-6-11-17(16)20(27)25-24-19/h2-6,8-11,18H,7,12-13H2,1H3,(H,22,24)(H,23,28)(H,25,27). The fourth-order valence-corrected chi connectivity index (χ4v) is 2.92. The van der Waals surface area contributed by atoms with Gasteiger partial charge < -0.3 is 15.4 Å². The molecule has 8 heteroatoms. The second-order valence-electron chi connectivity index (χ2n) is 6.42. The predicted octanol–water partition coefficient (Wildman–Crippen LogP) is 2.15. The molecule has 29 heavy (non-hydrogen) atoms. The number of aromatic amines is 1. The SMILES string of the molecule is CC(=O)OC(C(=O)NCCCNc1n[nH]c(=O)c2ccccc12)c1ccccc1. The summed E-state index contributed by atoms with van der Waals surface area (Å²) in [4.78, 5) is 35.6. The van der Waals surface area contributed by atoms with Gasteiger partial charge in [0.25, 0.3) is 11.5 Å². The highest BCUT2D eigenvalue weighted by Crippen LogP contribution is 2.18. The average Bonchev–Trinajstić information content (AvgIpc) is 2.74. The number of carbonyl (C=O) groups excluding carboxylic acids is 2. The molecule has 8 nitrogen and oxygen atoms in total. The van der Waals surface area contributed by atoms with Crippen LogP contribution in [0.2, 0.25) is 0 Å². The third-order valence-corrected chi connectivity index (χ3v) is 4.27. The molecule has 3 rings (SSSR count). The van der Waals surface area contributed by atoms with Gasteiger partial charge in [0.1, 0.15) is 0 Å². The van der Waals surface area contributed by atoms with Gasteiger partial charge in [-0.2, -0.15) is 5.10 Å². The number of H-pyrrole nitrogens is 1. The van der Waals surface area contributed by atoms with E-state index < -0.39 is 12.1 Å². The van der Waals surface area contributed by atoms with Crippen molar-refractivity contribution in [2.24, 2.45) is 0 Å². The lowest BCUT2D eigenvalue weighted by molar-refractivity contribution is -0.154. The van der Waals surface area contributed by atoms with E-state index in [2.05, 4.69) is 20.8 Å². The van der Waals surface area contributed by atoms with Crippen molar-refractivity contribution in [2.75, 3.05) is 18.4 Å². The molecule has 3 N–H and O–H groups in total. The molecule has 1 amide bonds. The molecule has 0 bridgehead atoms. The Labute approximate surface area is 167 Å². The highest BCUT2D eigenvalue weighted by molar-refractivity contribution is 5.90. The number of aromatic nitrogens is 2. The molecule has 1 aromatic heterocycles. The summed E-state index contributed by atoms with van der Waals surface area (Å²) in [6.45, 7) is 2.19. The van der Waals surface area contributed by atoms with Gasteiger partial charge in [-0.05, 0) is 12.5 Å². The first kappa shape index (κ1) is 20.1. The number of ether oxygens (including phenoxy) is 1. The normalized spacial score (nSPS) is 11.6. The molecule has 1 heterocycles. The molecule has 0 aliphatic heterocycles. The highest BCUT2D eigenvalue weighted by Gasteiger charge is 2.23. The van der Waals surface area contributed by atoms with Crippen LogP contribution in [0.5, 0.6) is 0 Å². The topological polar surface area (TPSA) is 113 Å². The minimum absolute atomic E-state index is 0.240. The maximum atomic E-state index is 12.5. The third-order valence-electron chi connectivity index (χ3n) is 4.27. The molecule has 0 aliphatic carbocycles. The van der Waals surface area contributed by atoms with Gasteiger partial charge in [0, 0.05) is 31.0 Å². The Balaban J connectivity index is 1.53. The third kappa shape index (κ3) is 5.19. The quantitative estimate of drug-likeness (QED) is 0.399. The summed E-state index contributed by atoms with van der Waals surface area (Å²) in [5.41, 5.74) is 0.373. The van der Waals surface area contributed by atoms with Gasteiger partial charge in [-0.3, -0.25) is 14.4 Å². The summed E-state index contributed by atoms with van der Waals surface area (Å²) in [6, 6.07) is 16.1. The minimum Gasteiger partial charge on any atom is -0.447 e. The van der Waals surface area contributed by atoms with Crippen LogP contribution in [0.15, 0.2) is 59.4 Å². The van der Waals surface area contributed by atoms with E-state index in [1.54, 1.807) is 36.4 Å². The second-order valence-corrected chi connectivity index (χ2v) is 6.42. The van der Waals surface area contributed by atoms with Crippen molar-refractivity contribution < 1.29 is 14.3 Å². The van der Waals surface area contributed by atoms with Crippen LogP contribution in [-0.4, -0.2) is 35.2 Å². The zero-order valence-electron chi connectivity index (χ0n) is 16.0. The van der Waals surface area contributed by atoms with Crippen LogP contribution >= 0.6 is 0 Å². The molecule has 1 unspecified atom stereocenters. The lowest BCUT2D eigenvalue weighted by atomic mass is 10.1. The minimum atomic E-state index is -0.980. The van der Waals surface area contributed by atoms with E-state index in [1.807, 2.05) is 18.2 Å². The largest absolute Gasteiger partial charge is 0.447 e. The molecule has 2 aromatic carbocycles. The Bertz CT molecular complexity index is 1050. The Morgan fingerprint density at radius 2 is 1.72 bits per heavy atom. The Kier molecular flexibility index (Phi) is 6.57. The second kappa shape index (κ2) is 9.50. The lowest BCUT2D eigenvalue weighted by Crippen LogP contribution is -2.33. The number of benzene rings is 2. The molecule has 0 spiro atoms. The van der Waals surface area contributed by atoms with E-state index in [1.165, 1.54) is 6.92 Å². The van der Waals surface area contributed by atoms with E-state index in [0.29, 0.717) is 36.3 Å². The maximum Gasteiger partial charge on any atom is 0.303 e. The van der Waals surface area contributed by atoms with Gasteiger partial charge in [-0.1, -0.05) is 48.5 Å². The number of hydrogen-bond acceptors (Lipinski definition) is 6. The summed E-state index contributed by atoms with van der Waals surface area (Å²) < 4.78 is 5.17. The summed E-state index contributed by atoms with van der Waals surface area (Å²) in [5, 5.41) is 13.8. The van der Waals surface area contributed by atoms with E-state index in [9.17, 15) is 14.4 Å². The fourth-order valence-electron chi connectivity index (χ4n) is 2.92. The van der Waals surface area contributed by atoms with Crippen molar-refractivity contribution in [3.63, 3.8) is 0 Å². The molecular formula is C21H22N4O4. The van der Waals surface area contributed by atoms with Crippen molar-refractivity contribution in [3.05, 3.63) is 70.5 Å². The van der Waals surface area contributed by atoms with E-state index >= 15 is 0 Å². The Hall–Kier alpha value is -3.68. The van der Waals surface area contributed by atoms with Gasteiger partial charge >= 0.3 is 5.97 Å². The number of carbonyl (C=O) groups is 2. The summed E-state index contributed by atoms with van der Waals surface area (Å²) in [5.74, 6) is -0.320. The van der Waals surface area contributed by atoms with Crippen molar-refractivity contribution in [3.8, 4) is 0 Å². The number of nitrogens with one attached hydrogen (secondary N) is 3. The Morgan fingerprint density at radius 3 is 2.45 bits per heavy atom. The van der Waals surface area contributed by atoms with Crippen LogP contribution in [-0.2, 0) is 14.3 Å². The predicted molar refractivity (Wildman–Crippen MR) is 109 cm³/mol. The van der Waals surface area contributed by atoms with Gasteiger partial charge in [0.05, 0.1) is 5.39 Å². The van der Waals surface area contributed by atoms with Crippen molar-refractivity contribution in [1.82, 2.24) is 15.5 Å². The van der Waals surface area contributed by atoms with Crippen LogP contribution in [0, 0.1) is 0 Å². The van der Waals surface area contributed by atoms with E-state index in [4.69, 9.17) is 4.74 Å². The maximum absolute atomic E-state index is 12.5. The van der Waals surface area contributed by atoms with Crippen LogP contribution in [0.25, 0.3) is 10.8 Å². The highest BCUT2D eigenvalue weighted by atomic mass is 16.5. The number of esters is 1. The molecule has 0 fully saturated rings. The Morgan fingerprint density at radius 1 is 1.03 bits per heavy atom. The zero-order valence-corrected chi connectivity index (χ0v) is 16.0.